The van der Waals surface area contributed by atoms with Crippen LogP contribution in [-0.4, -0.2) is 64.2 Å². The van der Waals surface area contributed by atoms with Crippen LogP contribution in [0, 0.1) is 6.92 Å². The maximum Gasteiger partial charge on any atom is 0.336 e. The van der Waals surface area contributed by atoms with Crippen molar-refractivity contribution in [2.45, 2.75) is 18.7 Å². The zero-order valence-corrected chi connectivity index (χ0v) is 24.2. The molecule has 0 radical (unpaired) electrons. The Labute approximate surface area is 239 Å². The molecule has 0 aliphatic rings. The monoisotopic (exact) mass is 627 g/mol. The van der Waals surface area contributed by atoms with E-state index in [-0.39, 0.29) is 28.1 Å². The number of aromatic nitrogens is 1. The summed E-state index contributed by atoms with van der Waals surface area (Å²) in [5.74, 6) is -2.06. The lowest BCUT2D eigenvalue weighted by Crippen LogP contribution is -2.27. The number of carbonyl (C=O) groups is 2. The van der Waals surface area contributed by atoms with Gasteiger partial charge in [0, 0.05) is 30.3 Å². The minimum atomic E-state index is -3.91. The summed E-state index contributed by atoms with van der Waals surface area (Å²) in [5, 5.41) is 21.8. The van der Waals surface area contributed by atoms with Crippen molar-refractivity contribution in [2.24, 2.45) is 4.99 Å². The molecular formula is C28H26BrN3O7S. The van der Waals surface area contributed by atoms with Gasteiger partial charge in [0.25, 0.3) is 10.0 Å². The molecule has 0 saturated heterocycles. The van der Waals surface area contributed by atoms with Crippen molar-refractivity contribution in [3.63, 3.8) is 0 Å². The zero-order chi connectivity index (χ0) is 29.2. The number of alkyl halides is 1. The third kappa shape index (κ3) is 5.56. The number of carboxylic acids is 1. The highest BCUT2D eigenvalue weighted by atomic mass is 79.9. The van der Waals surface area contributed by atoms with Crippen LogP contribution in [0.5, 0.6) is 5.88 Å². The van der Waals surface area contributed by atoms with E-state index in [9.17, 15) is 28.2 Å². The zero-order valence-electron chi connectivity index (χ0n) is 21.8. The molecule has 0 unspecified atom stereocenters. The summed E-state index contributed by atoms with van der Waals surface area (Å²) in [4.78, 5) is 34.3. The van der Waals surface area contributed by atoms with Crippen molar-refractivity contribution in [3.05, 3.63) is 89.0 Å². The van der Waals surface area contributed by atoms with Crippen LogP contribution in [-0.2, 0) is 14.9 Å². The van der Waals surface area contributed by atoms with Crippen molar-refractivity contribution in [3.8, 4) is 5.88 Å². The van der Waals surface area contributed by atoms with E-state index in [1.54, 1.807) is 37.3 Å². The van der Waals surface area contributed by atoms with Crippen LogP contribution >= 0.6 is 15.9 Å². The van der Waals surface area contributed by atoms with Crippen LogP contribution in [0.4, 0.5) is 5.69 Å². The molecule has 2 N–H and O–H groups in total. The number of aromatic carboxylic acids is 1. The van der Waals surface area contributed by atoms with Gasteiger partial charge in [0.05, 0.1) is 39.5 Å². The average Bonchev–Trinajstić information content (AvgIpc) is 3.20. The number of aromatic hydroxyl groups is 1. The van der Waals surface area contributed by atoms with Gasteiger partial charge in [0.1, 0.15) is 0 Å². The maximum atomic E-state index is 12.8. The summed E-state index contributed by atoms with van der Waals surface area (Å²) >= 11 is 3.19. The number of hydroxylamine groups is 1. The van der Waals surface area contributed by atoms with Gasteiger partial charge in [-0.1, -0.05) is 50.7 Å². The third-order valence-corrected chi connectivity index (χ3v) is 8.16. The number of fused-ring (bicyclic) bond motifs is 1. The van der Waals surface area contributed by atoms with E-state index in [2.05, 4.69) is 15.9 Å². The number of aryl methyl sites for hydroxylation is 1. The van der Waals surface area contributed by atoms with Crippen LogP contribution in [0.25, 0.3) is 10.9 Å². The molecule has 10 nitrogen and oxygen atoms in total. The van der Waals surface area contributed by atoms with Crippen molar-refractivity contribution in [1.82, 2.24) is 9.04 Å². The molecule has 0 fully saturated rings. The van der Waals surface area contributed by atoms with E-state index < -0.39 is 27.8 Å². The molecule has 1 aromatic heterocycles. The lowest BCUT2D eigenvalue weighted by molar-refractivity contribution is -0.0559. The Bertz CT molecular complexity index is 1730. The highest BCUT2D eigenvalue weighted by Crippen LogP contribution is 2.36. The molecular weight excluding hydrogens is 602 g/mol. The van der Waals surface area contributed by atoms with Crippen LogP contribution in [0.2, 0.25) is 0 Å². The van der Waals surface area contributed by atoms with Gasteiger partial charge in [0.15, 0.2) is 0 Å². The van der Waals surface area contributed by atoms with Crippen molar-refractivity contribution >= 4 is 60.1 Å². The van der Waals surface area contributed by atoms with Gasteiger partial charge in [0.2, 0.25) is 11.8 Å². The lowest BCUT2D eigenvalue weighted by Gasteiger charge is -2.16. The van der Waals surface area contributed by atoms with Crippen molar-refractivity contribution in [2.75, 3.05) is 19.0 Å². The highest BCUT2D eigenvalue weighted by molar-refractivity contribution is 9.09. The van der Waals surface area contributed by atoms with Crippen LogP contribution in [0.1, 0.15) is 38.8 Å². The van der Waals surface area contributed by atoms with Crippen LogP contribution < -0.4 is 0 Å². The number of rotatable bonds is 9. The van der Waals surface area contributed by atoms with E-state index >= 15 is 0 Å². The Hall–Kier alpha value is -3.84. The number of carboxylic acid groups (broad SMARTS) is 1. The van der Waals surface area contributed by atoms with E-state index in [1.807, 2.05) is 6.07 Å². The number of carbonyl (C=O) groups excluding carboxylic acids is 1. The second kappa shape index (κ2) is 11.7. The standard InChI is InChI=1S/C28H26BrN3O7S/c1-17-15-23-24(16-22(17)28(35)36)32(18(2)33)27(34)25(23)26(19-7-5-4-6-8-19)30-20-9-11-21(12-10-20)40(37,38)31(3)39-14-13-29/h4-12,15-16,34H,13-14H2,1-3H3,(H,35,36). The smallest absolute Gasteiger partial charge is 0.336 e. The summed E-state index contributed by atoms with van der Waals surface area (Å²) in [7, 11) is -2.60. The molecule has 208 valence electrons. The largest absolute Gasteiger partial charge is 0.494 e. The number of sulfonamides is 1. The molecule has 0 amide bonds. The fourth-order valence-electron chi connectivity index (χ4n) is 4.27. The number of benzene rings is 3. The Morgan fingerprint density at radius 2 is 1.73 bits per heavy atom. The fraction of sp³-hybridized carbons (Fsp3) is 0.179. The Balaban J connectivity index is 1.93. The number of halogens is 1. The first kappa shape index (κ1) is 29.2. The predicted octanol–water partition coefficient (Wildman–Crippen LogP) is 5.13. The molecule has 0 atom stereocenters. The fourth-order valence-corrected chi connectivity index (χ4v) is 5.41. The maximum absolute atomic E-state index is 12.8. The highest BCUT2D eigenvalue weighted by Gasteiger charge is 2.26. The summed E-state index contributed by atoms with van der Waals surface area (Å²) in [6.45, 7) is 3.07. The van der Waals surface area contributed by atoms with E-state index in [1.165, 1.54) is 44.3 Å². The summed E-state index contributed by atoms with van der Waals surface area (Å²) in [6, 6.07) is 17.7. The number of nitrogens with zero attached hydrogens (tertiary/aromatic N) is 3. The van der Waals surface area contributed by atoms with Crippen LogP contribution in [0.15, 0.2) is 76.6 Å². The third-order valence-electron chi connectivity index (χ3n) is 6.18. The first-order valence-corrected chi connectivity index (χ1v) is 14.6. The lowest BCUT2D eigenvalue weighted by atomic mass is 9.98. The predicted molar refractivity (Wildman–Crippen MR) is 154 cm³/mol. The number of hydrogen-bond acceptors (Lipinski definition) is 7. The van der Waals surface area contributed by atoms with Gasteiger partial charge in [-0.2, -0.15) is 0 Å². The van der Waals surface area contributed by atoms with Gasteiger partial charge in [-0.25, -0.2) is 18.2 Å². The van der Waals surface area contributed by atoms with E-state index in [0.717, 1.165) is 9.04 Å². The minimum absolute atomic E-state index is 0.000806. The summed E-state index contributed by atoms with van der Waals surface area (Å²) in [5.41, 5.74) is 2.19. The Kier molecular flexibility index (Phi) is 8.54. The second-order valence-electron chi connectivity index (χ2n) is 8.80. The SMILES string of the molecule is CC(=O)n1c(O)c(C(=Nc2ccc(S(=O)(=O)N(C)OCCBr)cc2)c2ccccc2)c2cc(C)c(C(=O)O)cc21. The molecule has 0 bridgehead atoms. The molecule has 4 rings (SSSR count). The van der Waals surface area contributed by atoms with Gasteiger partial charge < -0.3 is 10.2 Å². The molecule has 0 aliphatic carbocycles. The summed E-state index contributed by atoms with van der Waals surface area (Å²) < 4.78 is 27.5. The molecule has 1 heterocycles. The van der Waals surface area contributed by atoms with E-state index in [0.29, 0.717) is 33.2 Å². The molecule has 0 saturated carbocycles. The minimum Gasteiger partial charge on any atom is -0.494 e. The molecule has 4 aromatic rings. The molecule has 0 spiro atoms. The first-order chi connectivity index (χ1) is 19.0. The van der Waals surface area contributed by atoms with Gasteiger partial charge in [-0.05, 0) is 48.9 Å². The average molecular weight is 629 g/mol. The number of aliphatic imine (C=N–C) groups is 1. The topological polar surface area (TPSA) is 138 Å². The Morgan fingerprint density at radius 1 is 1.07 bits per heavy atom. The summed E-state index contributed by atoms with van der Waals surface area (Å²) in [6.07, 6.45) is 0. The van der Waals surface area contributed by atoms with Gasteiger partial charge in [-0.3, -0.25) is 14.2 Å². The second-order valence-corrected chi connectivity index (χ2v) is 11.5. The normalized spacial score (nSPS) is 12.3. The molecule has 40 heavy (non-hydrogen) atoms. The van der Waals surface area contributed by atoms with Gasteiger partial charge in [-0.15, -0.1) is 0 Å². The van der Waals surface area contributed by atoms with E-state index in [4.69, 9.17) is 9.83 Å². The van der Waals surface area contributed by atoms with Crippen molar-refractivity contribution in [1.29, 1.82) is 0 Å². The van der Waals surface area contributed by atoms with Gasteiger partial charge >= 0.3 is 5.97 Å². The first-order valence-electron chi connectivity index (χ1n) is 12.0. The molecule has 3 aromatic carbocycles. The van der Waals surface area contributed by atoms with Crippen molar-refractivity contribution < 1.29 is 33.1 Å². The quantitative estimate of drug-likeness (QED) is 0.149. The Morgan fingerprint density at radius 3 is 2.30 bits per heavy atom. The van der Waals surface area contributed by atoms with Crippen LogP contribution in [0.3, 0.4) is 0 Å². The molecule has 12 heteroatoms. The number of hydrogen-bond donors (Lipinski definition) is 2. The molecule has 0 aliphatic heterocycles.